The number of aliphatic hydroxyl groups excluding tert-OH is 1. The van der Waals surface area contributed by atoms with E-state index in [1.165, 1.54) is 28.7 Å². The van der Waals surface area contributed by atoms with Gasteiger partial charge in [0.1, 0.15) is 6.10 Å². The minimum atomic E-state index is -3.65. The Hall–Kier alpha value is -1.22. The van der Waals surface area contributed by atoms with Gasteiger partial charge in [-0.1, -0.05) is 17.7 Å². The monoisotopic (exact) mass is 413 g/mol. The summed E-state index contributed by atoms with van der Waals surface area (Å²) in [6.45, 7) is 1.89. The Morgan fingerprint density at radius 3 is 2.76 bits per heavy atom. The average molecular weight is 414 g/mol. The zero-order valence-corrected chi connectivity index (χ0v) is 16.5. The maximum absolute atomic E-state index is 12.5. The van der Waals surface area contributed by atoms with Crippen LogP contribution in [0.15, 0.2) is 52.1 Å². The number of rotatable bonds is 6. The van der Waals surface area contributed by atoms with Crippen molar-refractivity contribution in [2.75, 3.05) is 0 Å². The minimum Gasteiger partial charge on any atom is -0.383 e. The summed E-state index contributed by atoms with van der Waals surface area (Å²) in [5, 5.41) is 14.5. The third kappa shape index (κ3) is 4.31. The molecule has 0 fully saturated rings. The van der Waals surface area contributed by atoms with Crippen molar-refractivity contribution in [1.82, 2.24) is 4.72 Å². The van der Waals surface area contributed by atoms with Gasteiger partial charge in [0, 0.05) is 21.3 Å². The zero-order valence-electron chi connectivity index (χ0n) is 13.3. The van der Waals surface area contributed by atoms with Crippen molar-refractivity contribution in [3.05, 3.63) is 73.1 Å². The van der Waals surface area contributed by atoms with Gasteiger partial charge in [-0.3, -0.25) is 0 Å². The van der Waals surface area contributed by atoms with Gasteiger partial charge in [-0.25, -0.2) is 13.1 Å². The first-order valence-electron chi connectivity index (χ1n) is 7.41. The Bertz CT molecular complexity index is 965. The molecule has 4 nitrogen and oxygen atoms in total. The van der Waals surface area contributed by atoms with Crippen LogP contribution in [0.5, 0.6) is 0 Å². The number of benzene rings is 1. The molecule has 3 rings (SSSR count). The molecule has 132 valence electrons. The second kappa shape index (κ2) is 7.57. The molecule has 0 saturated heterocycles. The Morgan fingerprint density at radius 2 is 2.04 bits per heavy atom. The second-order valence-corrected chi connectivity index (χ2v) is 9.65. The third-order valence-corrected chi connectivity index (χ3v) is 7.30. The van der Waals surface area contributed by atoms with Crippen LogP contribution in [0.1, 0.15) is 27.0 Å². The van der Waals surface area contributed by atoms with Gasteiger partial charge in [0.15, 0.2) is 0 Å². The standard InChI is InChI=1S/C17H16ClNO3S3/c1-11-2-3-13(18)8-16(11)25(21,22)19-9-14-4-5-15(24-14)17(20)12-6-7-23-10-12/h2-8,10,17,19-20H,9H2,1H3. The number of aryl methyl sites for hydroxylation is 1. The Morgan fingerprint density at radius 1 is 1.24 bits per heavy atom. The van der Waals surface area contributed by atoms with E-state index in [2.05, 4.69) is 4.72 Å². The minimum absolute atomic E-state index is 0.162. The first-order chi connectivity index (χ1) is 11.9. The molecule has 0 bridgehead atoms. The van der Waals surface area contributed by atoms with Crippen LogP contribution in [0.4, 0.5) is 0 Å². The quantitative estimate of drug-likeness (QED) is 0.632. The number of aliphatic hydroxyl groups is 1. The fourth-order valence-corrected chi connectivity index (χ4v) is 5.59. The highest BCUT2D eigenvalue weighted by Crippen LogP contribution is 2.30. The molecule has 1 atom stereocenters. The summed E-state index contributed by atoms with van der Waals surface area (Å²) in [5.74, 6) is 0. The first-order valence-corrected chi connectivity index (χ1v) is 11.0. The van der Waals surface area contributed by atoms with Crippen LogP contribution in [0.25, 0.3) is 0 Å². The first kappa shape index (κ1) is 18.6. The van der Waals surface area contributed by atoms with Crippen LogP contribution < -0.4 is 4.72 Å². The Kier molecular flexibility index (Phi) is 5.62. The molecule has 0 radical (unpaired) electrons. The smallest absolute Gasteiger partial charge is 0.241 e. The van der Waals surface area contributed by atoms with Gasteiger partial charge in [-0.15, -0.1) is 11.3 Å². The Labute approximate surface area is 159 Å². The number of hydrogen-bond acceptors (Lipinski definition) is 5. The van der Waals surface area contributed by atoms with E-state index in [1.807, 2.05) is 29.0 Å². The molecule has 25 heavy (non-hydrogen) atoms. The van der Waals surface area contributed by atoms with Crippen LogP contribution in [-0.4, -0.2) is 13.5 Å². The molecule has 3 aromatic rings. The molecule has 8 heteroatoms. The molecule has 0 amide bonds. The van der Waals surface area contributed by atoms with Crippen molar-refractivity contribution < 1.29 is 13.5 Å². The van der Waals surface area contributed by atoms with Crippen molar-refractivity contribution in [1.29, 1.82) is 0 Å². The van der Waals surface area contributed by atoms with Crippen molar-refractivity contribution in [2.45, 2.75) is 24.5 Å². The lowest BCUT2D eigenvalue weighted by Crippen LogP contribution is -2.23. The lowest BCUT2D eigenvalue weighted by atomic mass is 10.2. The highest BCUT2D eigenvalue weighted by atomic mass is 35.5. The molecule has 0 aliphatic carbocycles. The summed E-state index contributed by atoms with van der Waals surface area (Å²) in [6, 6.07) is 10.3. The molecule has 2 heterocycles. The fourth-order valence-electron chi connectivity index (χ4n) is 2.34. The average Bonchev–Trinajstić information content (AvgIpc) is 3.26. The van der Waals surface area contributed by atoms with E-state index in [-0.39, 0.29) is 11.4 Å². The summed E-state index contributed by atoms with van der Waals surface area (Å²) in [6.07, 6.45) is -0.684. The molecular weight excluding hydrogens is 398 g/mol. The van der Waals surface area contributed by atoms with Gasteiger partial charge in [-0.05, 0) is 59.1 Å². The number of halogens is 1. The molecule has 1 unspecified atom stereocenters. The van der Waals surface area contributed by atoms with Crippen LogP contribution in [0, 0.1) is 6.92 Å². The Balaban J connectivity index is 1.72. The molecule has 0 saturated carbocycles. The third-order valence-electron chi connectivity index (χ3n) is 3.69. The second-order valence-electron chi connectivity index (χ2n) is 5.50. The zero-order chi connectivity index (χ0) is 18.0. The number of nitrogens with one attached hydrogen (secondary N) is 1. The predicted octanol–water partition coefficient (Wildman–Crippen LogP) is 4.33. The van der Waals surface area contributed by atoms with Gasteiger partial charge >= 0.3 is 0 Å². The maximum atomic E-state index is 12.5. The van der Waals surface area contributed by atoms with Gasteiger partial charge in [0.25, 0.3) is 0 Å². The molecular formula is C17H16ClNO3S3. The highest BCUT2D eigenvalue weighted by molar-refractivity contribution is 7.89. The van der Waals surface area contributed by atoms with E-state index < -0.39 is 16.1 Å². The van der Waals surface area contributed by atoms with Crippen molar-refractivity contribution in [2.24, 2.45) is 0 Å². The molecule has 1 aromatic carbocycles. The molecule has 0 aliphatic heterocycles. The van der Waals surface area contributed by atoms with Crippen LogP contribution in [-0.2, 0) is 16.6 Å². The summed E-state index contributed by atoms with van der Waals surface area (Å²) >= 11 is 8.82. The topological polar surface area (TPSA) is 66.4 Å². The molecule has 0 spiro atoms. The molecule has 0 aliphatic rings. The van der Waals surface area contributed by atoms with Crippen LogP contribution in [0.3, 0.4) is 0 Å². The van der Waals surface area contributed by atoms with E-state index in [0.717, 1.165) is 15.3 Å². The maximum Gasteiger partial charge on any atom is 0.241 e. The number of hydrogen-bond donors (Lipinski definition) is 2. The van der Waals surface area contributed by atoms with Gasteiger partial charge in [-0.2, -0.15) is 11.3 Å². The van der Waals surface area contributed by atoms with Gasteiger partial charge in [0.05, 0.1) is 4.90 Å². The fraction of sp³-hybridized carbons (Fsp3) is 0.176. The van der Waals surface area contributed by atoms with Crippen molar-refractivity contribution in [3.63, 3.8) is 0 Å². The lowest BCUT2D eigenvalue weighted by Gasteiger charge is -2.09. The lowest BCUT2D eigenvalue weighted by molar-refractivity contribution is 0.224. The SMILES string of the molecule is Cc1ccc(Cl)cc1S(=O)(=O)NCc1ccc(C(O)c2ccsc2)s1. The van der Waals surface area contributed by atoms with E-state index >= 15 is 0 Å². The van der Waals surface area contributed by atoms with Gasteiger partial charge in [0.2, 0.25) is 10.0 Å². The van der Waals surface area contributed by atoms with Crippen LogP contribution in [0.2, 0.25) is 5.02 Å². The summed E-state index contributed by atoms with van der Waals surface area (Å²) in [5.41, 5.74) is 1.48. The summed E-state index contributed by atoms with van der Waals surface area (Å²) in [7, 11) is -3.65. The van der Waals surface area contributed by atoms with Crippen LogP contribution >= 0.6 is 34.3 Å². The largest absolute Gasteiger partial charge is 0.383 e. The van der Waals surface area contributed by atoms with E-state index in [0.29, 0.717) is 10.6 Å². The number of thiophene rings is 2. The normalized spacial score (nSPS) is 13.1. The number of sulfonamides is 1. The van der Waals surface area contributed by atoms with E-state index in [9.17, 15) is 13.5 Å². The highest BCUT2D eigenvalue weighted by Gasteiger charge is 2.18. The molecule has 2 N–H and O–H groups in total. The summed E-state index contributed by atoms with van der Waals surface area (Å²) in [4.78, 5) is 1.79. The summed E-state index contributed by atoms with van der Waals surface area (Å²) < 4.78 is 27.6. The van der Waals surface area contributed by atoms with Crippen molar-refractivity contribution >= 4 is 44.3 Å². The van der Waals surface area contributed by atoms with Crippen molar-refractivity contribution in [3.8, 4) is 0 Å². The van der Waals surface area contributed by atoms with Gasteiger partial charge < -0.3 is 5.11 Å². The van der Waals surface area contributed by atoms with E-state index in [4.69, 9.17) is 11.6 Å². The molecule has 2 aromatic heterocycles. The van der Waals surface area contributed by atoms with E-state index in [1.54, 1.807) is 19.1 Å². The predicted molar refractivity (Wildman–Crippen MR) is 103 cm³/mol.